The fourth-order valence-corrected chi connectivity index (χ4v) is 3.11. The molecule has 1 N–H and O–H groups in total. The first kappa shape index (κ1) is 19.9. The number of aromatic nitrogens is 2. The molecule has 1 aromatic carbocycles. The molecule has 30 heavy (non-hydrogen) atoms. The summed E-state index contributed by atoms with van der Waals surface area (Å²) in [5.41, 5.74) is 1.56. The molecule has 2 amide bonds. The number of furan rings is 1. The maximum atomic E-state index is 12.9. The van der Waals surface area contributed by atoms with Crippen molar-refractivity contribution in [1.29, 1.82) is 0 Å². The lowest BCUT2D eigenvalue weighted by Crippen LogP contribution is -2.30. The van der Waals surface area contributed by atoms with Gasteiger partial charge in [0.1, 0.15) is 5.76 Å². The Morgan fingerprint density at radius 1 is 1.17 bits per heavy atom. The van der Waals surface area contributed by atoms with Gasteiger partial charge in [-0.1, -0.05) is 17.3 Å². The van der Waals surface area contributed by atoms with E-state index in [1.54, 1.807) is 36.3 Å². The Hall–Kier alpha value is -3.42. The summed E-state index contributed by atoms with van der Waals surface area (Å²) in [6.07, 6.45) is 4.33. The van der Waals surface area contributed by atoms with Crippen LogP contribution in [0.25, 0.3) is 0 Å². The van der Waals surface area contributed by atoms with Crippen LogP contribution in [0.5, 0.6) is 0 Å². The smallest absolute Gasteiger partial charge is 0.251 e. The van der Waals surface area contributed by atoms with Crippen LogP contribution < -0.4 is 5.32 Å². The molecule has 2 aromatic heterocycles. The van der Waals surface area contributed by atoms with Crippen molar-refractivity contribution >= 4 is 11.8 Å². The SMILES string of the molecule is Cc1noc(CCC(=O)N(Cc2ccc(C(=O)NC3CC3)cc2)Cc2ccco2)n1. The van der Waals surface area contributed by atoms with Crippen molar-refractivity contribution in [2.75, 3.05) is 0 Å². The predicted octanol–water partition coefficient (Wildman–Crippen LogP) is 3.02. The van der Waals surface area contributed by atoms with Gasteiger partial charge in [0.25, 0.3) is 5.91 Å². The molecule has 0 spiro atoms. The molecule has 0 bridgehead atoms. The van der Waals surface area contributed by atoms with Crippen LogP contribution in [-0.4, -0.2) is 32.9 Å². The van der Waals surface area contributed by atoms with Gasteiger partial charge in [-0.05, 0) is 49.6 Å². The Morgan fingerprint density at radius 3 is 2.60 bits per heavy atom. The van der Waals surface area contributed by atoms with Crippen molar-refractivity contribution in [1.82, 2.24) is 20.4 Å². The van der Waals surface area contributed by atoms with Gasteiger partial charge in [-0.25, -0.2) is 0 Å². The number of benzene rings is 1. The molecule has 3 aromatic rings. The number of carbonyl (C=O) groups excluding carboxylic acids is 2. The number of rotatable bonds is 9. The average Bonchev–Trinajstić information content (AvgIpc) is 3.22. The van der Waals surface area contributed by atoms with E-state index in [9.17, 15) is 9.59 Å². The van der Waals surface area contributed by atoms with Crippen LogP contribution in [0.1, 0.15) is 52.7 Å². The Morgan fingerprint density at radius 2 is 1.97 bits per heavy atom. The monoisotopic (exact) mass is 408 g/mol. The number of aryl methyl sites for hydroxylation is 2. The average molecular weight is 408 g/mol. The van der Waals surface area contributed by atoms with E-state index in [0.717, 1.165) is 18.4 Å². The molecule has 1 aliphatic carbocycles. The minimum Gasteiger partial charge on any atom is -0.467 e. The van der Waals surface area contributed by atoms with Crippen molar-refractivity contribution in [2.45, 2.75) is 51.7 Å². The van der Waals surface area contributed by atoms with Gasteiger partial charge in [-0.15, -0.1) is 0 Å². The molecule has 156 valence electrons. The topological polar surface area (TPSA) is 101 Å². The Balaban J connectivity index is 1.40. The van der Waals surface area contributed by atoms with Crippen LogP contribution in [0.3, 0.4) is 0 Å². The van der Waals surface area contributed by atoms with Crippen LogP contribution in [0.4, 0.5) is 0 Å². The number of hydrogen-bond donors (Lipinski definition) is 1. The van der Waals surface area contributed by atoms with Gasteiger partial charge in [0, 0.05) is 31.0 Å². The molecule has 2 heterocycles. The lowest BCUT2D eigenvalue weighted by molar-refractivity contribution is -0.132. The quantitative estimate of drug-likeness (QED) is 0.584. The van der Waals surface area contributed by atoms with Crippen molar-refractivity contribution in [3.05, 3.63) is 71.3 Å². The lowest BCUT2D eigenvalue weighted by Gasteiger charge is -2.22. The zero-order chi connectivity index (χ0) is 20.9. The summed E-state index contributed by atoms with van der Waals surface area (Å²) in [5.74, 6) is 1.61. The summed E-state index contributed by atoms with van der Waals surface area (Å²) in [6, 6.07) is 11.3. The molecule has 0 radical (unpaired) electrons. The van der Waals surface area contributed by atoms with E-state index >= 15 is 0 Å². The number of hydrogen-bond acceptors (Lipinski definition) is 6. The summed E-state index contributed by atoms with van der Waals surface area (Å²) in [5, 5.41) is 6.73. The second-order valence-electron chi connectivity index (χ2n) is 7.51. The van der Waals surface area contributed by atoms with E-state index in [0.29, 0.717) is 48.6 Å². The van der Waals surface area contributed by atoms with E-state index in [4.69, 9.17) is 8.94 Å². The molecule has 0 aliphatic heterocycles. The molecule has 0 unspecified atom stereocenters. The van der Waals surface area contributed by atoms with Crippen LogP contribution in [0.15, 0.2) is 51.6 Å². The molecule has 4 rings (SSSR count). The molecule has 0 saturated heterocycles. The third kappa shape index (κ3) is 5.34. The largest absolute Gasteiger partial charge is 0.467 e. The van der Waals surface area contributed by atoms with E-state index in [1.807, 2.05) is 18.2 Å². The molecule has 1 saturated carbocycles. The highest BCUT2D eigenvalue weighted by Crippen LogP contribution is 2.20. The van der Waals surface area contributed by atoms with Crippen LogP contribution in [0, 0.1) is 6.92 Å². The Labute approximate surface area is 174 Å². The van der Waals surface area contributed by atoms with Crippen LogP contribution >= 0.6 is 0 Å². The third-order valence-electron chi connectivity index (χ3n) is 4.90. The van der Waals surface area contributed by atoms with Gasteiger partial charge in [0.05, 0.1) is 12.8 Å². The summed E-state index contributed by atoms with van der Waals surface area (Å²) in [7, 11) is 0. The predicted molar refractivity (Wildman–Crippen MR) is 107 cm³/mol. The van der Waals surface area contributed by atoms with E-state index in [-0.39, 0.29) is 18.2 Å². The van der Waals surface area contributed by atoms with E-state index in [1.165, 1.54) is 0 Å². The first-order chi connectivity index (χ1) is 14.6. The lowest BCUT2D eigenvalue weighted by atomic mass is 10.1. The van der Waals surface area contributed by atoms with Crippen LogP contribution in [-0.2, 0) is 24.3 Å². The second-order valence-corrected chi connectivity index (χ2v) is 7.51. The highest BCUT2D eigenvalue weighted by molar-refractivity contribution is 5.94. The van der Waals surface area contributed by atoms with Crippen molar-refractivity contribution in [3.63, 3.8) is 0 Å². The van der Waals surface area contributed by atoms with Crippen LogP contribution in [0.2, 0.25) is 0 Å². The van der Waals surface area contributed by atoms with Gasteiger partial charge in [-0.2, -0.15) is 4.98 Å². The Kier molecular flexibility index (Phi) is 5.92. The number of amides is 2. The molecule has 1 fully saturated rings. The molecule has 1 aliphatic rings. The van der Waals surface area contributed by atoms with E-state index in [2.05, 4.69) is 15.5 Å². The minimum absolute atomic E-state index is 0.0437. The van der Waals surface area contributed by atoms with Crippen molar-refractivity contribution in [3.8, 4) is 0 Å². The Bertz CT molecular complexity index is 991. The standard InChI is InChI=1S/C22H24N4O4/c1-15-23-20(30-25-15)10-11-21(27)26(14-19-3-2-12-29-19)13-16-4-6-17(7-5-16)22(28)24-18-8-9-18/h2-7,12,18H,8-11,13-14H2,1H3,(H,24,28). The van der Waals surface area contributed by atoms with Gasteiger partial charge >= 0.3 is 0 Å². The normalized spacial score (nSPS) is 13.2. The van der Waals surface area contributed by atoms with Gasteiger partial charge < -0.3 is 19.2 Å². The van der Waals surface area contributed by atoms with Gasteiger partial charge in [0.15, 0.2) is 5.82 Å². The number of nitrogens with one attached hydrogen (secondary N) is 1. The molecule has 0 atom stereocenters. The number of carbonyl (C=O) groups is 2. The number of nitrogens with zero attached hydrogens (tertiary/aromatic N) is 3. The fourth-order valence-electron chi connectivity index (χ4n) is 3.11. The maximum Gasteiger partial charge on any atom is 0.251 e. The maximum absolute atomic E-state index is 12.9. The molecule has 8 heteroatoms. The van der Waals surface area contributed by atoms with E-state index < -0.39 is 0 Å². The molecular formula is C22H24N4O4. The summed E-state index contributed by atoms with van der Waals surface area (Å²) < 4.78 is 10.5. The highest BCUT2D eigenvalue weighted by atomic mass is 16.5. The zero-order valence-corrected chi connectivity index (χ0v) is 16.8. The molecule has 8 nitrogen and oxygen atoms in total. The third-order valence-corrected chi connectivity index (χ3v) is 4.90. The first-order valence-electron chi connectivity index (χ1n) is 10.1. The van der Waals surface area contributed by atoms with Gasteiger partial charge in [0.2, 0.25) is 11.8 Å². The van der Waals surface area contributed by atoms with Crippen molar-refractivity contribution in [2.24, 2.45) is 0 Å². The molecular weight excluding hydrogens is 384 g/mol. The van der Waals surface area contributed by atoms with Gasteiger partial charge in [-0.3, -0.25) is 9.59 Å². The minimum atomic E-state index is -0.0533. The summed E-state index contributed by atoms with van der Waals surface area (Å²) in [6.45, 7) is 2.51. The fraction of sp³-hybridized carbons (Fsp3) is 0.364. The summed E-state index contributed by atoms with van der Waals surface area (Å²) >= 11 is 0. The summed E-state index contributed by atoms with van der Waals surface area (Å²) in [4.78, 5) is 30.9. The first-order valence-corrected chi connectivity index (χ1v) is 10.1. The van der Waals surface area contributed by atoms with Crippen molar-refractivity contribution < 1.29 is 18.5 Å². The second kappa shape index (κ2) is 8.94. The zero-order valence-electron chi connectivity index (χ0n) is 16.8. The highest BCUT2D eigenvalue weighted by Gasteiger charge is 2.24.